The molecule has 0 fully saturated rings. The molecule has 1 spiro atoms. The molecule has 0 saturated carbocycles. The number of anilines is 3. The van der Waals surface area contributed by atoms with Gasteiger partial charge in [0.15, 0.2) is 0 Å². The minimum atomic E-state index is -0.459. The van der Waals surface area contributed by atoms with E-state index in [-0.39, 0.29) is 5.41 Å². The van der Waals surface area contributed by atoms with Crippen LogP contribution in [0, 0.1) is 0 Å². The van der Waals surface area contributed by atoms with Gasteiger partial charge in [-0.25, -0.2) is 0 Å². The SMILES string of the molecule is CC1(C)c2ccccc2-c2ccc(N(c3ccc4c(c3)sc3cc(-c5ccccc5)ccc34)c3ccc(-c4ccccc4)cc3-c3cccc4c3-c3ccccc3C43c4ccccc4-c4ccccc43)cc21. The molecule has 1 aromatic heterocycles. The van der Waals surface area contributed by atoms with Crippen LogP contribution in [0.25, 0.3) is 86.9 Å². The highest BCUT2D eigenvalue weighted by Crippen LogP contribution is 2.64. The van der Waals surface area contributed by atoms with Crippen LogP contribution in [0.2, 0.25) is 0 Å². The lowest BCUT2D eigenvalue weighted by atomic mass is 9.70. The first kappa shape index (κ1) is 41.2. The first-order valence-corrected chi connectivity index (χ1v) is 26.0. The van der Waals surface area contributed by atoms with E-state index in [9.17, 15) is 0 Å². The molecule has 12 aromatic rings. The molecule has 0 N–H and O–H groups in total. The van der Waals surface area contributed by atoms with E-state index in [1.807, 2.05) is 11.3 Å². The van der Waals surface area contributed by atoms with E-state index in [0.29, 0.717) is 0 Å². The maximum Gasteiger partial charge on any atom is 0.0725 e. The van der Waals surface area contributed by atoms with Gasteiger partial charge in [-0.2, -0.15) is 0 Å². The second kappa shape index (κ2) is 15.5. The number of benzene rings is 11. The van der Waals surface area contributed by atoms with E-state index in [0.717, 1.165) is 17.1 Å². The number of hydrogen-bond donors (Lipinski definition) is 0. The summed E-state index contributed by atoms with van der Waals surface area (Å²) in [5.74, 6) is 0. The van der Waals surface area contributed by atoms with Gasteiger partial charge in [-0.05, 0) is 137 Å². The molecule has 2 heteroatoms. The topological polar surface area (TPSA) is 3.24 Å². The summed E-state index contributed by atoms with van der Waals surface area (Å²) in [6, 6.07) is 93.7. The average Bonchev–Trinajstić information content (AvgIpc) is 4.13. The highest BCUT2D eigenvalue weighted by Gasteiger charge is 2.52. The standard InChI is InChI=1S/C70H47NS/c1-69(2)59-27-13-9-22-50(59)53-37-34-48(42-64(53)69)71(49-35-38-55-54-36-32-47(45-20-7-4-8-21-45)41-66(54)72-67(55)43-49)65-39-33-46(44-18-5-3-6-19-44)40-58(65)56-26-17-31-63-68(56)57-25-12-16-30-62(57)70(63)60-28-14-10-23-51(60)52-24-11-15-29-61(52)70/h3-43H,1-2H3. The van der Waals surface area contributed by atoms with E-state index in [2.05, 4.69) is 267 Å². The summed E-state index contributed by atoms with van der Waals surface area (Å²) in [5, 5.41) is 2.57. The molecule has 338 valence electrons. The Labute approximate surface area is 424 Å². The first-order chi connectivity index (χ1) is 35.5. The van der Waals surface area contributed by atoms with Crippen LogP contribution in [0.3, 0.4) is 0 Å². The van der Waals surface area contributed by atoms with Crippen molar-refractivity contribution in [2.75, 3.05) is 4.90 Å². The van der Waals surface area contributed by atoms with Crippen LogP contribution >= 0.6 is 11.3 Å². The molecule has 0 amide bonds. The van der Waals surface area contributed by atoms with Gasteiger partial charge in [0.2, 0.25) is 0 Å². The largest absolute Gasteiger partial charge is 0.310 e. The van der Waals surface area contributed by atoms with Gasteiger partial charge >= 0.3 is 0 Å². The van der Waals surface area contributed by atoms with Gasteiger partial charge in [0.05, 0.1) is 11.1 Å². The molecule has 72 heavy (non-hydrogen) atoms. The summed E-state index contributed by atoms with van der Waals surface area (Å²) in [6.45, 7) is 4.78. The molecule has 0 bridgehead atoms. The lowest BCUT2D eigenvalue weighted by Crippen LogP contribution is -2.25. The van der Waals surface area contributed by atoms with Gasteiger partial charge in [0, 0.05) is 42.5 Å². The van der Waals surface area contributed by atoms with Crippen molar-refractivity contribution in [2.24, 2.45) is 0 Å². The van der Waals surface area contributed by atoms with Gasteiger partial charge in [-0.15, -0.1) is 11.3 Å². The lowest BCUT2D eigenvalue weighted by Gasteiger charge is -2.31. The van der Waals surface area contributed by atoms with Gasteiger partial charge in [0.25, 0.3) is 0 Å². The van der Waals surface area contributed by atoms with Crippen molar-refractivity contribution < 1.29 is 0 Å². The monoisotopic (exact) mass is 933 g/mol. The van der Waals surface area contributed by atoms with Crippen molar-refractivity contribution in [3.8, 4) is 66.8 Å². The van der Waals surface area contributed by atoms with Crippen LogP contribution in [0.4, 0.5) is 17.1 Å². The third-order valence-corrected chi connectivity index (χ3v) is 17.4. The first-order valence-electron chi connectivity index (χ1n) is 25.2. The predicted octanol–water partition coefficient (Wildman–Crippen LogP) is 19.2. The van der Waals surface area contributed by atoms with Crippen LogP contribution in [0.5, 0.6) is 0 Å². The van der Waals surface area contributed by atoms with Crippen LogP contribution in [-0.4, -0.2) is 0 Å². The van der Waals surface area contributed by atoms with Crippen molar-refractivity contribution in [2.45, 2.75) is 24.7 Å². The fourth-order valence-corrected chi connectivity index (χ4v) is 14.3. The van der Waals surface area contributed by atoms with Crippen molar-refractivity contribution in [3.63, 3.8) is 0 Å². The zero-order valence-electron chi connectivity index (χ0n) is 40.0. The lowest BCUT2D eigenvalue weighted by molar-refractivity contribution is 0.660. The number of thiophene rings is 1. The second-order valence-electron chi connectivity index (χ2n) is 20.3. The van der Waals surface area contributed by atoms with Gasteiger partial charge in [0.1, 0.15) is 0 Å². The quantitative estimate of drug-likeness (QED) is 0.161. The van der Waals surface area contributed by atoms with Gasteiger partial charge < -0.3 is 4.90 Å². The van der Waals surface area contributed by atoms with Crippen molar-refractivity contribution in [1.82, 2.24) is 0 Å². The summed E-state index contributed by atoms with van der Waals surface area (Å²) in [7, 11) is 0. The Bertz CT molecular complexity index is 4150. The van der Waals surface area contributed by atoms with E-state index in [1.54, 1.807) is 0 Å². The Morgan fingerprint density at radius 3 is 1.46 bits per heavy atom. The predicted molar refractivity (Wildman–Crippen MR) is 304 cm³/mol. The zero-order valence-corrected chi connectivity index (χ0v) is 40.8. The summed E-state index contributed by atoms with van der Waals surface area (Å²) >= 11 is 1.89. The normalized spacial score (nSPS) is 13.9. The maximum atomic E-state index is 2.55. The molecular weight excluding hydrogens is 887 g/mol. The number of nitrogens with zero attached hydrogens (tertiary/aromatic N) is 1. The minimum absolute atomic E-state index is 0.175. The Hall–Kier alpha value is -8.56. The summed E-state index contributed by atoms with van der Waals surface area (Å²) in [6.07, 6.45) is 0. The van der Waals surface area contributed by atoms with E-state index in [1.165, 1.54) is 120 Å². The Morgan fingerprint density at radius 2 is 0.778 bits per heavy atom. The summed E-state index contributed by atoms with van der Waals surface area (Å²) < 4.78 is 2.56. The second-order valence-corrected chi connectivity index (χ2v) is 21.4. The molecule has 11 aromatic carbocycles. The molecule has 15 rings (SSSR count). The fourth-order valence-electron chi connectivity index (χ4n) is 13.1. The highest BCUT2D eigenvalue weighted by molar-refractivity contribution is 7.25. The molecule has 0 saturated heterocycles. The van der Waals surface area contributed by atoms with E-state index < -0.39 is 5.41 Å². The zero-order chi connectivity index (χ0) is 47.7. The molecule has 3 aliphatic rings. The van der Waals surface area contributed by atoms with Crippen molar-refractivity contribution in [1.29, 1.82) is 0 Å². The van der Waals surface area contributed by atoms with Crippen molar-refractivity contribution >= 4 is 48.6 Å². The molecule has 3 aliphatic carbocycles. The Balaban J connectivity index is 1.00. The summed E-state index contributed by atoms with van der Waals surface area (Å²) in [4.78, 5) is 2.55. The fraction of sp³-hybridized carbons (Fsp3) is 0.0571. The average molecular weight is 934 g/mol. The number of rotatable bonds is 6. The molecule has 1 heterocycles. The van der Waals surface area contributed by atoms with E-state index in [4.69, 9.17) is 0 Å². The van der Waals surface area contributed by atoms with E-state index >= 15 is 0 Å². The molecule has 1 nitrogen and oxygen atoms in total. The Morgan fingerprint density at radius 1 is 0.306 bits per heavy atom. The van der Waals surface area contributed by atoms with Crippen LogP contribution < -0.4 is 4.90 Å². The molecule has 0 atom stereocenters. The third-order valence-electron chi connectivity index (χ3n) is 16.3. The molecule has 0 radical (unpaired) electrons. The molecular formula is C70H47NS. The highest BCUT2D eigenvalue weighted by atomic mass is 32.1. The maximum absolute atomic E-state index is 2.55. The van der Waals surface area contributed by atoms with Crippen molar-refractivity contribution in [3.05, 3.63) is 282 Å². The van der Waals surface area contributed by atoms with Crippen LogP contribution in [0.1, 0.15) is 47.2 Å². The minimum Gasteiger partial charge on any atom is -0.310 e. The van der Waals surface area contributed by atoms with Gasteiger partial charge in [-0.3, -0.25) is 0 Å². The van der Waals surface area contributed by atoms with Crippen LogP contribution in [0.15, 0.2) is 249 Å². The summed E-state index contributed by atoms with van der Waals surface area (Å²) in [5.41, 5.74) is 26.0. The molecule has 0 aliphatic heterocycles. The third kappa shape index (κ3) is 5.76. The smallest absolute Gasteiger partial charge is 0.0725 e. The number of fused-ring (bicyclic) bond motifs is 16. The molecule has 0 unspecified atom stereocenters. The van der Waals surface area contributed by atoms with Crippen LogP contribution in [-0.2, 0) is 10.8 Å². The Kier molecular flexibility index (Phi) is 8.86. The number of hydrogen-bond acceptors (Lipinski definition) is 2. The van der Waals surface area contributed by atoms with Gasteiger partial charge in [-0.1, -0.05) is 220 Å².